The number of benzene rings is 1. The van der Waals surface area contributed by atoms with Gasteiger partial charge in [0, 0.05) is 11.9 Å². The Labute approximate surface area is 240 Å². The molecule has 2 aromatic rings. The van der Waals surface area contributed by atoms with Gasteiger partial charge in [-0.15, -0.1) is 0 Å². The van der Waals surface area contributed by atoms with Gasteiger partial charge in [-0.25, -0.2) is 5.43 Å². The maximum absolute atomic E-state index is 12.9. The molecule has 2 heterocycles. The summed E-state index contributed by atoms with van der Waals surface area (Å²) in [5, 5.41) is 17.6. The second kappa shape index (κ2) is 13.7. The minimum absolute atomic E-state index is 0.204. The van der Waals surface area contributed by atoms with Crippen LogP contribution in [0.4, 0.5) is 0 Å². The Morgan fingerprint density at radius 2 is 1.90 bits per heavy atom. The van der Waals surface area contributed by atoms with Crippen LogP contribution in [0.15, 0.2) is 36.4 Å². The van der Waals surface area contributed by atoms with E-state index in [1.54, 1.807) is 40.7 Å². The van der Waals surface area contributed by atoms with Crippen molar-refractivity contribution in [3.8, 4) is 0 Å². The van der Waals surface area contributed by atoms with E-state index in [0.29, 0.717) is 25.1 Å². The van der Waals surface area contributed by atoms with Crippen LogP contribution in [0.25, 0.3) is 17.0 Å². The molecule has 0 bridgehead atoms. The number of rotatable bonds is 10. The van der Waals surface area contributed by atoms with Crippen molar-refractivity contribution in [1.82, 2.24) is 26.1 Å². The Balaban J connectivity index is 1.59. The second-order valence-electron chi connectivity index (χ2n) is 11.3. The fourth-order valence-corrected chi connectivity index (χ4v) is 4.35. The number of nitrogens with zero attached hydrogens (tertiary/aromatic N) is 2. The number of hydrazine groups is 1. The number of carbonyl (C=O) groups is 4. The summed E-state index contributed by atoms with van der Waals surface area (Å²) in [5.74, 6) is -1.86. The highest BCUT2D eigenvalue weighted by Gasteiger charge is 2.31. The topological polar surface area (TPSA) is 150 Å². The lowest BCUT2D eigenvalue weighted by molar-refractivity contribution is -0.148. The van der Waals surface area contributed by atoms with Gasteiger partial charge in [-0.1, -0.05) is 44.2 Å². The zero-order chi connectivity index (χ0) is 30.3. The first kappa shape index (κ1) is 31.7. The number of amides is 3. The Bertz CT molecular complexity index is 1310. The lowest BCUT2D eigenvalue weighted by Crippen LogP contribution is -2.61. The lowest BCUT2D eigenvalue weighted by Gasteiger charge is -2.34. The van der Waals surface area contributed by atoms with Gasteiger partial charge in [0.25, 0.3) is 5.91 Å². The lowest BCUT2D eigenvalue weighted by atomic mass is 9.92. The van der Waals surface area contributed by atoms with Crippen molar-refractivity contribution in [2.45, 2.75) is 72.2 Å². The molecule has 1 fully saturated rings. The molecule has 222 valence electrons. The number of hydrogen-bond acceptors (Lipinski definition) is 8. The number of carbonyl (C=O) groups excluding carboxylic acids is 4. The Morgan fingerprint density at radius 1 is 1.20 bits per heavy atom. The predicted molar refractivity (Wildman–Crippen MR) is 155 cm³/mol. The quantitative estimate of drug-likeness (QED) is 0.319. The maximum Gasteiger partial charge on any atom is 0.315 e. The normalized spacial score (nSPS) is 17.4. The molecule has 0 spiro atoms. The van der Waals surface area contributed by atoms with Gasteiger partial charge in [-0.3, -0.25) is 29.2 Å². The summed E-state index contributed by atoms with van der Waals surface area (Å²) < 4.78 is 4.85. The molecule has 4 N–H and O–H groups in total. The van der Waals surface area contributed by atoms with Crippen molar-refractivity contribution in [2.75, 3.05) is 13.7 Å². The molecule has 1 aromatic heterocycles. The highest BCUT2D eigenvalue weighted by Crippen LogP contribution is 2.22. The van der Waals surface area contributed by atoms with Crippen molar-refractivity contribution >= 4 is 40.7 Å². The van der Waals surface area contributed by atoms with Gasteiger partial charge in [0.05, 0.1) is 30.3 Å². The molecule has 41 heavy (non-hydrogen) atoms. The van der Waals surface area contributed by atoms with E-state index in [0.717, 1.165) is 16.5 Å². The third-order valence-electron chi connectivity index (χ3n) is 7.02. The fraction of sp³-hybridized carbons (Fsp3) is 0.500. The van der Waals surface area contributed by atoms with Gasteiger partial charge in [0.1, 0.15) is 18.2 Å². The molecule has 11 heteroatoms. The van der Waals surface area contributed by atoms with Gasteiger partial charge >= 0.3 is 5.97 Å². The number of pyridine rings is 1. The first-order valence-corrected chi connectivity index (χ1v) is 13.8. The van der Waals surface area contributed by atoms with E-state index in [1.807, 2.05) is 36.4 Å². The zero-order valence-corrected chi connectivity index (χ0v) is 24.6. The third kappa shape index (κ3) is 8.34. The number of aliphatic hydroxyl groups is 1. The van der Waals surface area contributed by atoms with Crippen molar-refractivity contribution in [2.24, 2.45) is 11.3 Å². The van der Waals surface area contributed by atoms with E-state index in [9.17, 15) is 24.3 Å². The molecule has 11 nitrogen and oxygen atoms in total. The van der Waals surface area contributed by atoms with Gasteiger partial charge in [0.15, 0.2) is 0 Å². The molecule has 3 amide bonds. The average molecular weight is 568 g/mol. The average Bonchev–Trinajstić information content (AvgIpc) is 2.97. The third-order valence-corrected chi connectivity index (χ3v) is 7.02. The number of aromatic nitrogens is 1. The van der Waals surface area contributed by atoms with Gasteiger partial charge in [-0.2, -0.15) is 0 Å². The maximum atomic E-state index is 12.9. The van der Waals surface area contributed by atoms with E-state index in [2.05, 4.69) is 21.0 Å². The summed E-state index contributed by atoms with van der Waals surface area (Å²) in [5.41, 5.74) is 4.50. The number of fused-ring (bicyclic) bond motifs is 1. The molecule has 1 aliphatic heterocycles. The Morgan fingerprint density at radius 3 is 2.59 bits per heavy atom. The van der Waals surface area contributed by atoms with Crippen LogP contribution in [0.5, 0.6) is 0 Å². The zero-order valence-electron chi connectivity index (χ0n) is 24.6. The molecule has 1 saturated heterocycles. The van der Waals surface area contributed by atoms with E-state index < -0.39 is 29.5 Å². The smallest absolute Gasteiger partial charge is 0.315 e. The highest BCUT2D eigenvalue weighted by atomic mass is 16.5. The van der Waals surface area contributed by atoms with Crippen LogP contribution in [-0.4, -0.2) is 70.6 Å². The number of ether oxygens (including phenoxy) is 1. The molecular formula is C30H41N5O6. The van der Waals surface area contributed by atoms with E-state index >= 15 is 0 Å². The van der Waals surface area contributed by atoms with Crippen LogP contribution in [-0.2, 0) is 30.5 Å². The molecule has 0 saturated carbocycles. The largest absolute Gasteiger partial charge is 0.468 e. The summed E-state index contributed by atoms with van der Waals surface area (Å²) in [4.78, 5) is 54.6. The van der Waals surface area contributed by atoms with Crippen molar-refractivity contribution < 1.29 is 29.0 Å². The van der Waals surface area contributed by atoms with E-state index in [-0.39, 0.29) is 30.2 Å². The number of hydrogen-bond donors (Lipinski definition) is 4. The first-order valence-electron chi connectivity index (χ1n) is 13.8. The molecule has 3 rings (SSSR count). The molecule has 1 aliphatic rings. The minimum atomic E-state index is -1.21. The van der Waals surface area contributed by atoms with Crippen molar-refractivity contribution in [3.63, 3.8) is 0 Å². The first-order chi connectivity index (χ1) is 19.3. The van der Waals surface area contributed by atoms with E-state index in [1.165, 1.54) is 12.1 Å². The standard InChI is InChI=1S/C30H41N5O6/c1-18(2)25(36)27(38)32-19(3)28(39)35-15-7-8-23(34-35)26(37)31-17-22-12-11-21-10-9-20(16-24(21)33-22)13-14-30(4,5)29(40)41-6/h9-14,16,18-19,23,25,34,36H,7-8,15,17H2,1-6H3,(H,31,37)(H,32,38). The summed E-state index contributed by atoms with van der Waals surface area (Å²) in [6.07, 6.45) is 3.60. The number of methoxy groups -OCH3 is 1. The summed E-state index contributed by atoms with van der Waals surface area (Å²) in [7, 11) is 1.36. The van der Waals surface area contributed by atoms with Gasteiger partial charge < -0.3 is 20.5 Å². The van der Waals surface area contributed by atoms with Crippen LogP contribution in [0.1, 0.15) is 58.7 Å². The molecule has 1 aromatic carbocycles. The van der Waals surface area contributed by atoms with Crippen LogP contribution < -0.4 is 16.1 Å². The molecule has 3 unspecified atom stereocenters. The van der Waals surface area contributed by atoms with Crippen LogP contribution >= 0.6 is 0 Å². The van der Waals surface area contributed by atoms with Crippen LogP contribution in [0, 0.1) is 11.3 Å². The number of aliphatic hydroxyl groups excluding tert-OH is 1. The van der Waals surface area contributed by atoms with Crippen LogP contribution in [0.2, 0.25) is 0 Å². The van der Waals surface area contributed by atoms with E-state index in [4.69, 9.17) is 4.74 Å². The second-order valence-corrected chi connectivity index (χ2v) is 11.3. The molecule has 0 radical (unpaired) electrons. The summed E-state index contributed by atoms with van der Waals surface area (Å²) in [6.45, 7) is 9.14. The minimum Gasteiger partial charge on any atom is -0.468 e. The molecular weight excluding hydrogens is 526 g/mol. The van der Waals surface area contributed by atoms with Gasteiger partial charge in [0.2, 0.25) is 11.8 Å². The molecule has 3 atom stereocenters. The number of nitrogens with one attached hydrogen (secondary N) is 3. The van der Waals surface area contributed by atoms with Crippen LogP contribution in [0.3, 0.4) is 0 Å². The predicted octanol–water partition coefficient (Wildman–Crippen LogP) is 2.08. The Kier molecular flexibility index (Phi) is 10.6. The highest BCUT2D eigenvalue weighted by molar-refractivity contribution is 5.89. The summed E-state index contributed by atoms with van der Waals surface area (Å²) in [6, 6.07) is 8.09. The Hall–Kier alpha value is -3.83. The van der Waals surface area contributed by atoms with Crippen molar-refractivity contribution in [1.29, 1.82) is 0 Å². The fourth-order valence-electron chi connectivity index (χ4n) is 4.35. The molecule has 0 aliphatic carbocycles. The van der Waals surface area contributed by atoms with Crippen molar-refractivity contribution in [3.05, 3.63) is 47.7 Å². The monoisotopic (exact) mass is 567 g/mol. The number of esters is 1. The van der Waals surface area contributed by atoms with Gasteiger partial charge in [-0.05, 0) is 57.2 Å². The SMILES string of the molecule is COC(=O)C(C)(C)C=Cc1ccc2ccc(CNC(=O)C3CCCN(C(=O)C(C)NC(=O)C(O)C(C)C)N3)nc2c1. The summed E-state index contributed by atoms with van der Waals surface area (Å²) >= 11 is 0.